The number of hydrogen-bond acceptors (Lipinski definition) is 2. The van der Waals surface area contributed by atoms with Crippen molar-refractivity contribution in [1.29, 1.82) is 0 Å². The van der Waals surface area contributed by atoms with Crippen LogP contribution in [0.2, 0.25) is 0 Å². The molecule has 250 valence electrons. The van der Waals surface area contributed by atoms with E-state index in [-0.39, 0.29) is 22.5 Å². The third kappa shape index (κ3) is 4.84. The van der Waals surface area contributed by atoms with Crippen molar-refractivity contribution in [3.63, 3.8) is 0 Å². The summed E-state index contributed by atoms with van der Waals surface area (Å²) in [7, 11) is 0. The number of hydrogen-bond donors (Lipinski definition) is 0. The summed E-state index contributed by atoms with van der Waals surface area (Å²) >= 11 is 1.70. The summed E-state index contributed by atoms with van der Waals surface area (Å²) in [6.45, 7) is 11.4. The van der Waals surface area contributed by atoms with Gasteiger partial charge in [-0.3, -0.25) is 0 Å². The van der Waals surface area contributed by atoms with Gasteiger partial charge in [0.25, 0.3) is 0 Å². The summed E-state index contributed by atoms with van der Waals surface area (Å²) in [5.41, 5.74) is 16.1. The maximum absolute atomic E-state index is 14.1. The first-order valence-corrected chi connectivity index (χ1v) is 18.3. The molecule has 0 aliphatic heterocycles. The molecule has 2 aliphatic rings. The largest absolute Gasteiger partial charge is 0.310 e. The number of thiophene rings is 1. The fourth-order valence-electron chi connectivity index (χ4n) is 8.41. The Morgan fingerprint density at radius 1 is 0.490 bits per heavy atom. The van der Waals surface area contributed by atoms with Gasteiger partial charge < -0.3 is 4.90 Å². The summed E-state index contributed by atoms with van der Waals surface area (Å²) in [6.07, 6.45) is 0. The average molecular weight is 686 g/mol. The van der Waals surface area contributed by atoms with Gasteiger partial charge in [-0.05, 0) is 118 Å². The summed E-state index contributed by atoms with van der Waals surface area (Å²) in [4.78, 5) is 4.59. The van der Waals surface area contributed by atoms with Gasteiger partial charge >= 0.3 is 0 Å². The summed E-state index contributed by atoms with van der Waals surface area (Å²) in [5.74, 6) is -0.515. The molecule has 0 bridgehead atoms. The Kier molecular flexibility index (Phi) is 7.04. The summed E-state index contributed by atoms with van der Waals surface area (Å²) in [6, 6.07) is 44.9. The van der Waals surface area contributed by atoms with Gasteiger partial charge in [0.15, 0.2) is 0 Å². The maximum Gasteiger partial charge on any atom is 0.123 e. The van der Waals surface area contributed by atoms with Gasteiger partial charge in [0.2, 0.25) is 0 Å². The maximum atomic E-state index is 14.1. The number of benzene rings is 6. The molecule has 0 N–H and O–H groups in total. The highest BCUT2D eigenvalue weighted by atomic mass is 32.1. The van der Waals surface area contributed by atoms with Crippen molar-refractivity contribution in [3.8, 4) is 43.1 Å². The zero-order chi connectivity index (χ0) is 35.2. The SMILES string of the molecule is Cc1ccc(N(c2ccc3c(c2)C(C)(C)c2ccccc2-3)c2ccc3c(c2)C(C)(C)c2c(-c4ccc(F)cc4)sc(-c4ccc(F)cc4)c2-3)cc1. The van der Waals surface area contributed by atoms with E-state index in [1.54, 1.807) is 11.3 Å². The van der Waals surface area contributed by atoms with E-state index in [0.29, 0.717) is 0 Å². The molecular weight excluding hydrogens is 649 g/mol. The topological polar surface area (TPSA) is 3.24 Å². The Labute approximate surface area is 302 Å². The zero-order valence-electron chi connectivity index (χ0n) is 29.3. The van der Waals surface area contributed by atoms with Crippen LogP contribution in [0.5, 0.6) is 0 Å². The number of aryl methyl sites for hydroxylation is 1. The van der Waals surface area contributed by atoms with Crippen LogP contribution >= 0.6 is 11.3 Å². The molecular formula is C47H37F2NS. The fraction of sp³-hybridized carbons (Fsp3) is 0.149. The molecule has 51 heavy (non-hydrogen) atoms. The molecule has 0 unspecified atom stereocenters. The number of fused-ring (bicyclic) bond motifs is 6. The molecule has 0 spiro atoms. The van der Waals surface area contributed by atoms with E-state index in [0.717, 1.165) is 37.9 Å². The first kappa shape index (κ1) is 31.6. The van der Waals surface area contributed by atoms with Gasteiger partial charge in [-0.1, -0.05) is 106 Å². The first-order chi connectivity index (χ1) is 24.5. The minimum Gasteiger partial charge on any atom is -0.310 e. The monoisotopic (exact) mass is 685 g/mol. The molecule has 0 fully saturated rings. The number of halogens is 2. The first-order valence-electron chi connectivity index (χ1n) is 17.5. The van der Waals surface area contributed by atoms with E-state index in [9.17, 15) is 8.78 Å². The fourth-order valence-corrected chi connectivity index (χ4v) is 9.89. The highest BCUT2D eigenvalue weighted by Gasteiger charge is 2.42. The van der Waals surface area contributed by atoms with Gasteiger partial charge in [-0.25, -0.2) is 8.78 Å². The Hall–Kier alpha value is -5.32. The second-order valence-corrected chi connectivity index (χ2v) is 16.0. The van der Waals surface area contributed by atoms with Gasteiger partial charge in [-0.2, -0.15) is 0 Å². The van der Waals surface area contributed by atoms with Crippen LogP contribution in [0.4, 0.5) is 25.8 Å². The van der Waals surface area contributed by atoms with E-state index >= 15 is 0 Å². The van der Waals surface area contributed by atoms with Gasteiger partial charge in [-0.15, -0.1) is 11.3 Å². The molecule has 1 aromatic heterocycles. The molecule has 1 heterocycles. The van der Waals surface area contributed by atoms with Gasteiger partial charge in [0.05, 0.1) is 0 Å². The summed E-state index contributed by atoms with van der Waals surface area (Å²) < 4.78 is 28.2. The molecule has 0 radical (unpaired) electrons. The Balaban J connectivity index is 1.24. The van der Waals surface area contributed by atoms with Gasteiger partial charge in [0.1, 0.15) is 11.6 Å². The van der Waals surface area contributed by atoms with E-state index in [1.807, 2.05) is 24.3 Å². The van der Waals surface area contributed by atoms with Crippen LogP contribution in [0.3, 0.4) is 0 Å². The molecule has 1 nitrogen and oxygen atoms in total. The van der Waals surface area contributed by atoms with Crippen LogP contribution in [0.1, 0.15) is 55.5 Å². The molecule has 4 heteroatoms. The Morgan fingerprint density at radius 2 is 1.00 bits per heavy atom. The standard InChI is InChI=1S/C47H37F2NS/c1-28-10-20-33(21-11-28)50(34-22-24-37-36-8-6-7-9-39(36)46(2,3)40(37)26-34)35-23-25-38-41(27-35)47(4,5)43-42(38)44(29-12-16-31(48)17-13-29)51-45(43)30-14-18-32(49)19-15-30/h6-27H,1-5H3. The lowest BCUT2D eigenvalue weighted by Crippen LogP contribution is -2.18. The predicted octanol–water partition coefficient (Wildman–Crippen LogP) is 13.8. The van der Waals surface area contributed by atoms with Crippen LogP contribution < -0.4 is 4.90 Å². The highest BCUT2D eigenvalue weighted by Crippen LogP contribution is 2.60. The predicted molar refractivity (Wildman–Crippen MR) is 210 cm³/mol. The lowest BCUT2D eigenvalue weighted by molar-refractivity contribution is 0.627. The third-order valence-corrected chi connectivity index (χ3v) is 12.4. The lowest BCUT2D eigenvalue weighted by Gasteiger charge is -2.30. The molecule has 0 saturated heterocycles. The highest BCUT2D eigenvalue weighted by molar-refractivity contribution is 7.19. The van der Waals surface area contributed by atoms with Crippen molar-refractivity contribution in [2.24, 2.45) is 0 Å². The average Bonchev–Trinajstić information content (AvgIpc) is 3.72. The minimum absolute atomic E-state index is 0.123. The number of anilines is 3. The van der Waals surface area contributed by atoms with Crippen molar-refractivity contribution in [1.82, 2.24) is 0 Å². The van der Waals surface area contributed by atoms with Crippen LogP contribution in [0, 0.1) is 18.6 Å². The van der Waals surface area contributed by atoms with Crippen molar-refractivity contribution in [3.05, 3.63) is 173 Å². The van der Waals surface area contributed by atoms with Crippen LogP contribution in [0.15, 0.2) is 133 Å². The van der Waals surface area contributed by atoms with Crippen LogP contribution in [-0.4, -0.2) is 0 Å². The van der Waals surface area contributed by atoms with E-state index in [2.05, 4.69) is 124 Å². The summed E-state index contributed by atoms with van der Waals surface area (Å²) in [5, 5.41) is 0. The zero-order valence-corrected chi connectivity index (χ0v) is 30.1. The molecule has 0 saturated carbocycles. The van der Waals surface area contributed by atoms with Crippen molar-refractivity contribution in [2.45, 2.75) is 45.4 Å². The van der Waals surface area contributed by atoms with E-state index in [4.69, 9.17) is 0 Å². The number of rotatable bonds is 5. The quantitative estimate of drug-likeness (QED) is 0.174. The van der Waals surface area contributed by atoms with Crippen molar-refractivity contribution in [2.75, 3.05) is 4.90 Å². The van der Waals surface area contributed by atoms with Gasteiger partial charge in [0, 0.05) is 43.2 Å². The van der Waals surface area contributed by atoms with Crippen molar-refractivity contribution >= 4 is 28.4 Å². The minimum atomic E-state index is -0.361. The van der Waals surface area contributed by atoms with E-state index < -0.39 is 0 Å². The Morgan fingerprint density at radius 3 is 1.63 bits per heavy atom. The second-order valence-electron chi connectivity index (χ2n) is 15.0. The number of nitrogens with zero attached hydrogens (tertiary/aromatic N) is 1. The van der Waals surface area contributed by atoms with E-state index in [1.165, 1.54) is 74.3 Å². The lowest BCUT2D eigenvalue weighted by atomic mass is 9.81. The smallest absolute Gasteiger partial charge is 0.123 e. The van der Waals surface area contributed by atoms with Crippen LogP contribution in [-0.2, 0) is 10.8 Å². The third-order valence-electron chi connectivity index (χ3n) is 11.1. The molecule has 0 atom stereocenters. The normalized spacial score (nSPS) is 14.5. The molecule has 2 aliphatic carbocycles. The molecule has 9 rings (SSSR count). The molecule has 0 amide bonds. The second kappa shape index (κ2) is 11.3. The van der Waals surface area contributed by atoms with Crippen molar-refractivity contribution < 1.29 is 8.78 Å². The molecule has 6 aromatic carbocycles. The Bertz CT molecular complexity index is 2490. The molecule has 7 aromatic rings. The van der Waals surface area contributed by atoms with Crippen LogP contribution in [0.25, 0.3) is 43.1 Å².